The van der Waals surface area contributed by atoms with Crippen molar-refractivity contribution >= 4 is 34.0 Å². The summed E-state index contributed by atoms with van der Waals surface area (Å²) in [5.74, 6) is 2.04. The average Bonchev–Trinajstić information content (AvgIpc) is 3.17. The Hall–Kier alpha value is -3.74. The van der Waals surface area contributed by atoms with Gasteiger partial charge in [-0.25, -0.2) is 0 Å². The monoisotopic (exact) mass is 521 g/mol. The van der Waals surface area contributed by atoms with E-state index in [1.54, 1.807) is 6.08 Å². The first kappa shape index (κ1) is 28.3. The van der Waals surface area contributed by atoms with E-state index in [0.717, 1.165) is 36.2 Å². The molecule has 0 saturated heterocycles. The van der Waals surface area contributed by atoms with Crippen molar-refractivity contribution in [1.29, 1.82) is 10.7 Å². The van der Waals surface area contributed by atoms with Gasteiger partial charge in [-0.15, -0.1) is 0 Å². The molecule has 1 aliphatic rings. The van der Waals surface area contributed by atoms with Crippen molar-refractivity contribution in [1.82, 2.24) is 0 Å². The summed E-state index contributed by atoms with van der Waals surface area (Å²) in [6, 6.07) is 14.5. The molecule has 3 aromatic rings. The molecule has 1 heterocycles. The smallest absolute Gasteiger partial charge is 0.236 e. The molecule has 1 aliphatic heterocycles. The van der Waals surface area contributed by atoms with Crippen LogP contribution in [0.15, 0.2) is 51.7 Å². The molecule has 0 amide bonds. The summed E-state index contributed by atoms with van der Waals surface area (Å²) in [5, 5.41) is 19.2. The molecular formula is C34H39N3O2. The molecule has 0 aliphatic carbocycles. The van der Waals surface area contributed by atoms with E-state index in [9.17, 15) is 14.9 Å². The summed E-state index contributed by atoms with van der Waals surface area (Å²) >= 11 is 0. The van der Waals surface area contributed by atoms with Gasteiger partial charge in [0.25, 0.3) is 0 Å². The molecule has 1 N–H and O–H groups in total. The number of nitrogens with zero attached hydrogens (tertiary/aromatic N) is 2. The predicted molar refractivity (Wildman–Crippen MR) is 162 cm³/mol. The Labute approximate surface area is 231 Å². The highest BCUT2D eigenvalue weighted by Gasteiger charge is 2.42. The second kappa shape index (κ2) is 12.4. The largest absolute Gasteiger partial charge is 0.344 e. The minimum Gasteiger partial charge on any atom is -0.344 e. The molecule has 0 aromatic heterocycles. The van der Waals surface area contributed by atoms with Crippen molar-refractivity contribution in [2.75, 3.05) is 11.4 Å². The Kier molecular flexibility index (Phi) is 9.00. The van der Waals surface area contributed by atoms with Crippen molar-refractivity contribution in [3.8, 4) is 6.07 Å². The standard InChI is InChI=1S/C34H39N3O2/c1-4-5-6-7-8-9-10-11-12-15-20-37-28-19-18-24-16-13-14-17-26(24)31(28)34(2,3)29(37)21-27-30(25(22-35)23-36)33(39)32(27)38/h13-14,16-19,21,35H,4-12,15,20H2,1-3H3/b29-21-. The number of allylic oxidation sites excluding steroid dienone is 2. The molecule has 0 saturated carbocycles. The SMILES string of the molecule is CCCCCCCCCCCCN1/C(=C\c2c(C(=C=N)C#N)c(=O)c2=O)C(C)(C)c2c1ccc1ccccc21. The molecule has 0 radical (unpaired) electrons. The van der Waals surface area contributed by atoms with Gasteiger partial charge in [0.05, 0.1) is 5.56 Å². The van der Waals surface area contributed by atoms with Crippen LogP contribution in [0.1, 0.15) is 102 Å². The van der Waals surface area contributed by atoms with Gasteiger partial charge in [0.1, 0.15) is 11.6 Å². The molecule has 0 unspecified atom stereocenters. The zero-order valence-corrected chi connectivity index (χ0v) is 23.5. The van der Waals surface area contributed by atoms with Gasteiger partial charge in [-0.3, -0.25) is 15.0 Å². The fraction of sp³-hybridized carbons (Fsp3) is 0.441. The topological polar surface area (TPSA) is 85.0 Å². The number of nitriles is 1. The van der Waals surface area contributed by atoms with Crippen LogP contribution in [0.2, 0.25) is 0 Å². The third-order valence-electron chi connectivity index (χ3n) is 8.20. The Morgan fingerprint density at radius 2 is 1.56 bits per heavy atom. The number of fused-ring (bicyclic) bond motifs is 3. The molecule has 3 aromatic carbocycles. The van der Waals surface area contributed by atoms with Crippen LogP contribution in [0.25, 0.3) is 22.4 Å². The third-order valence-corrected chi connectivity index (χ3v) is 8.20. The quantitative estimate of drug-likeness (QED) is 0.108. The van der Waals surface area contributed by atoms with Crippen molar-refractivity contribution in [3.05, 3.63) is 79.2 Å². The number of rotatable bonds is 13. The Morgan fingerprint density at radius 3 is 2.21 bits per heavy atom. The molecule has 0 atom stereocenters. The number of unbranched alkanes of at least 4 members (excludes halogenated alkanes) is 9. The Morgan fingerprint density at radius 1 is 0.923 bits per heavy atom. The molecule has 0 fully saturated rings. The van der Waals surface area contributed by atoms with E-state index in [0.29, 0.717) is 0 Å². The zero-order chi connectivity index (χ0) is 28.0. The number of benzene rings is 2. The number of anilines is 1. The van der Waals surface area contributed by atoms with Crippen molar-refractivity contribution < 1.29 is 0 Å². The van der Waals surface area contributed by atoms with E-state index >= 15 is 0 Å². The lowest BCUT2D eigenvalue weighted by Crippen LogP contribution is -2.39. The third kappa shape index (κ3) is 5.54. The fourth-order valence-corrected chi connectivity index (χ4v) is 6.07. The van der Waals surface area contributed by atoms with Gasteiger partial charge in [0, 0.05) is 28.9 Å². The second-order valence-electron chi connectivity index (χ2n) is 11.2. The lowest BCUT2D eigenvalue weighted by molar-refractivity contribution is 0.554. The number of nitrogens with one attached hydrogen (secondary N) is 1. The molecule has 4 rings (SSSR count). The lowest BCUT2D eigenvalue weighted by Gasteiger charge is -2.28. The van der Waals surface area contributed by atoms with Gasteiger partial charge in [-0.1, -0.05) is 109 Å². The fourth-order valence-electron chi connectivity index (χ4n) is 6.07. The summed E-state index contributed by atoms with van der Waals surface area (Å²) < 4.78 is 0. The summed E-state index contributed by atoms with van der Waals surface area (Å²) in [6.07, 6.45) is 14.4. The Bertz CT molecular complexity index is 1540. The van der Waals surface area contributed by atoms with Crippen molar-refractivity contribution in [2.24, 2.45) is 0 Å². The van der Waals surface area contributed by atoms with E-state index in [4.69, 9.17) is 5.41 Å². The van der Waals surface area contributed by atoms with Crippen LogP contribution in [-0.2, 0) is 5.41 Å². The van der Waals surface area contributed by atoms with Crippen molar-refractivity contribution in [2.45, 2.75) is 90.4 Å². The molecular weight excluding hydrogens is 482 g/mol. The van der Waals surface area contributed by atoms with Crippen LogP contribution in [0.5, 0.6) is 0 Å². The van der Waals surface area contributed by atoms with E-state index in [-0.39, 0.29) is 16.7 Å². The van der Waals surface area contributed by atoms with Crippen molar-refractivity contribution in [3.63, 3.8) is 0 Å². The van der Waals surface area contributed by atoms with E-state index in [1.807, 2.05) is 18.0 Å². The summed E-state index contributed by atoms with van der Waals surface area (Å²) in [6.45, 7) is 7.38. The second-order valence-corrected chi connectivity index (χ2v) is 11.2. The molecule has 202 valence electrons. The van der Waals surface area contributed by atoms with Crippen LogP contribution in [-0.4, -0.2) is 12.4 Å². The summed E-state index contributed by atoms with van der Waals surface area (Å²) in [4.78, 5) is 27.3. The Balaban J connectivity index is 1.61. The van der Waals surface area contributed by atoms with Gasteiger partial charge < -0.3 is 4.90 Å². The molecule has 5 nitrogen and oxygen atoms in total. The number of hydrogen-bond acceptors (Lipinski definition) is 5. The average molecular weight is 522 g/mol. The van der Waals surface area contributed by atoms with E-state index < -0.39 is 16.3 Å². The van der Waals surface area contributed by atoms with Crippen LogP contribution in [0, 0.1) is 16.7 Å². The molecule has 5 heteroatoms. The van der Waals surface area contributed by atoms with Gasteiger partial charge in [-0.05, 0) is 40.8 Å². The van der Waals surface area contributed by atoms with Crippen LogP contribution < -0.4 is 15.8 Å². The molecule has 0 spiro atoms. The zero-order valence-electron chi connectivity index (χ0n) is 23.5. The number of hydrogen-bond donors (Lipinski definition) is 1. The van der Waals surface area contributed by atoms with E-state index in [2.05, 4.69) is 56.0 Å². The van der Waals surface area contributed by atoms with Gasteiger partial charge in [0.2, 0.25) is 10.9 Å². The predicted octanol–water partition coefficient (Wildman–Crippen LogP) is 7.65. The van der Waals surface area contributed by atoms with Crippen LogP contribution in [0.3, 0.4) is 0 Å². The molecule has 0 bridgehead atoms. The first-order valence-electron chi connectivity index (χ1n) is 14.4. The normalized spacial score (nSPS) is 15.0. The highest BCUT2D eigenvalue weighted by atomic mass is 16.2. The maximum atomic E-state index is 12.7. The van der Waals surface area contributed by atoms with Gasteiger partial charge in [-0.2, -0.15) is 5.26 Å². The first-order valence-corrected chi connectivity index (χ1v) is 14.4. The van der Waals surface area contributed by atoms with Crippen LogP contribution in [0.4, 0.5) is 5.69 Å². The maximum absolute atomic E-state index is 12.7. The minimum absolute atomic E-state index is 0.0144. The maximum Gasteiger partial charge on any atom is 0.236 e. The highest BCUT2D eigenvalue weighted by molar-refractivity contribution is 6.00. The summed E-state index contributed by atoms with van der Waals surface area (Å²) in [5.41, 5.74) is 1.59. The first-order chi connectivity index (χ1) is 18.9. The van der Waals surface area contributed by atoms with Crippen LogP contribution >= 0.6 is 0 Å². The minimum atomic E-state index is -0.710. The summed E-state index contributed by atoms with van der Waals surface area (Å²) in [7, 11) is 0. The van der Waals surface area contributed by atoms with Gasteiger partial charge in [0.15, 0.2) is 0 Å². The van der Waals surface area contributed by atoms with Gasteiger partial charge >= 0.3 is 0 Å². The molecule has 39 heavy (non-hydrogen) atoms. The lowest BCUT2D eigenvalue weighted by atomic mass is 9.80. The highest BCUT2D eigenvalue weighted by Crippen LogP contribution is 2.51. The van der Waals surface area contributed by atoms with E-state index in [1.165, 1.54) is 62.3 Å².